The van der Waals surface area contributed by atoms with Gasteiger partial charge in [0, 0.05) is 24.5 Å². The molecule has 220 valence electrons. The van der Waals surface area contributed by atoms with E-state index in [-0.39, 0.29) is 30.5 Å². The molecule has 0 heterocycles. The van der Waals surface area contributed by atoms with Gasteiger partial charge in [0.15, 0.2) is 0 Å². The van der Waals surface area contributed by atoms with Crippen molar-refractivity contribution >= 4 is 39.1 Å². The summed E-state index contributed by atoms with van der Waals surface area (Å²) in [6.45, 7) is 5.75. The minimum absolute atomic E-state index is 0.0501. The number of methoxy groups -OCH3 is 1. The molecule has 3 aromatic carbocycles. The molecule has 0 spiro atoms. The molecular weight excluding hydrogens is 562 g/mol. The van der Waals surface area contributed by atoms with Crippen LogP contribution < -0.4 is 14.4 Å². The van der Waals surface area contributed by atoms with E-state index in [9.17, 15) is 18.0 Å². The second kappa shape index (κ2) is 14.4. The lowest BCUT2D eigenvalue weighted by molar-refractivity contribution is -0.140. The molecule has 2 amide bonds. The summed E-state index contributed by atoms with van der Waals surface area (Å²) in [5.74, 6) is -0.356. The van der Waals surface area contributed by atoms with E-state index in [2.05, 4.69) is 5.32 Å². The Bertz CT molecular complexity index is 1450. The van der Waals surface area contributed by atoms with Crippen molar-refractivity contribution in [1.29, 1.82) is 0 Å². The number of carbonyl (C=O) groups is 2. The van der Waals surface area contributed by atoms with Crippen molar-refractivity contribution in [3.63, 3.8) is 0 Å². The molecule has 0 unspecified atom stereocenters. The van der Waals surface area contributed by atoms with Gasteiger partial charge < -0.3 is 15.0 Å². The third kappa shape index (κ3) is 9.23. The van der Waals surface area contributed by atoms with Crippen molar-refractivity contribution in [2.45, 2.75) is 39.8 Å². The molecule has 1 N–H and O–H groups in total. The number of aryl methyl sites for hydroxylation is 1. The molecular formula is C31H38ClN3O5S. The highest BCUT2D eigenvalue weighted by Crippen LogP contribution is 2.31. The molecule has 10 heteroatoms. The molecule has 0 aliphatic heterocycles. The van der Waals surface area contributed by atoms with Crippen LogP contribution in [0.15, 0.2) is 72.8 Å². The third-order valence-electron chi connectivity index (χ3n) is 6.48. The highest BCUT2D eigenvalue weighted by molar-refractivity contribution is 7.92. The molecule has 0 saturated heterocycles. The van der Waals surface area contributed by atoms with Gasteiger partial charge in [-0.3, -0.25) is 13.9 Å². The van der Waals surface area contributed by atoms with Crippen molar-refractivity contribution in [1.82, 2.24) is 10.2 Å². The van der Waals surface area contributed by atoms with E-state index in [1.165, 1.54) is 12.0 Å². The lowest BCUT2D eigenvalue weighted by Gasteiger charge is -2.34. The highest BCUT2D eigenvalue weighted by Gasteiger charge is 2.33. The Kier molecular flexibility index (Phi) is 11.2. The predicted molar refractivity (Wildman–Crippen MR) is 164 cm³/mol. The zero-order valence-corrected chi connectivity index (χ0v) is 25.7. The standard InChI is InChI=1S/C31H38ClN3O5S/c1-22(2)19-33-31(37)28(18-24-10-7-6-8-11-24)34(20-25-12-9-13-26(32)17-25)30(36)21-35(41(5,38)39)27-16-23(3)14-15-29(27)40-4/h6-17,22,28H,18-21H2,1-5H3,(H,33,37)/t28-/m1/s1. The van der Waals surface area contributed by atoms with Crippen LogP contribution in [-0.4, -0.2) is 57.6 Å². The quantitative estimate of drug-likeness (QED) is 0.303. The number of nitrogens with zero attached hydrogens (tertiary/aromatic N) is 2. The van der Waals surface area contributed by atoms with E-state index < -0.39 is 28.5 Å². The van der Waals surface area contributed by atoms with Gasteiger partial charge in [-0.25, -0.2) is 8.42 Å². The molecule has 0 aliphatic carbocycles. The predicted octanol–water partition coefficient (Wildman–Crippen LogP) is 4.84. The number of sulfonamides is 1. The van der Waals surface area contributed by atoms with Crippen LogP contribution in [0.3, 0.4) is 0 Å². The van der Waals surface area contributed by atoms with Crippen LogP contribution in [0.2, 0.25) is 5.02 Å². The lowest BCUT2D eigenvalue weighted by Crippen LogP contribution is -2.53. The van der Waals surface area contributed by atoms with Gasteiger partial charge in [0.05, 0.1) is 19.1 Å². The number of nitrogens with one attached hydrogen (secondary N) is 1. The minimum atomic E-state index is -3.92. The van der Waals surface area contributed by atoms with Gasteiger partial charge in [-0.2, -0.15) is 0 Å². The Morgan fingerprint density at radius 2 is 1.66 bits per heavy atom. The number of benzene rings is 3. The molecule has 0 fully saturated rings. The Hall–Kier alpha value is -3.56. The third-order valence-corrected chi connectivity index (χ3v) is 7.84. The molecule has 8 nitrogen and oxygen atoms in total. The molecule has 3 rings (SSSR count). The second-order valence-corrected chi connectivity index (χ2v) is 12.8. The Labute approximate surface area is 248 Å². The number of carbonyl (C=O) groups excluding carboxylic acids is 2. The monoisotopic (exact) mass is 599 g/mol. The number of hydrogen-bond donors (Lipinski definition) is 1. The molecule has 1 atom stereocenters. The van der Waals surface area contributed by atoms with Crippen molar-refractivity contribution in [3.05, 3.63) is 94.5 Å². The van der Waals surface area contributed by atoms with Gasteiger partial charge in [-0.05, 0) is 53.8 Å². The Morgan fingerprint density at radius 3 is 2.27 bits per heavy atom. The largest absolute Gasteiger partial charge is 0.495 e. The molecule has 0 radical (unpaired) electrons. The van der Waals surface area contributed by atoms with Crippen LogP contribution in [0.1, 0.15) is 30.5 Å². The van der Waals surface area contributed by atoms with E-state index in [4.69, 9.17) is 16.3 Å². The number of rotatable bonds is 13. The van der Waals surface area contributed by atoms with Gasteiger partial charge in [-0.1, -0.05) is 74.0 Å². The fourth-order valence-electron chi connectivity index (χ4n) is 4.40. The van der Waals surface area contributed by atoms with Crippen molar-refractivity contribution in [3.8, 4) is 5.75 Å². The molecule has 0 saturated carbocycles. The first-order chi connectivity index (χ1) is 19.4. The molecule has 0 aromatic heterocycles. The van der Waals surface area contributed by atoms with Crippen molar-refractivity contribution < 1.29 is 22.7 Å². The van der Waals surface area contributed by atoms with Crippen LogP contribution in [0.25, 0.3) is 0 Å². The topological polar surface area (TPSA) is 96.0 Å². The van der Waals surface area contributed by atoms with Gasteiger partial charge in [0.2, 0.25) is 21.8 Å². The van der Waals surface area contributed by atoms with Crippen LogP contribution in [0, 0.1) is 12.8 Å². The summed E-state index contributed by atoms with van der Waals surface area (Å²) >= 11 is 6.25. The summed E-state index contributed by atoms with van der Waals surface area (Å²) in [5.41, 5.74) is 2.61. The maximum absolute atomic E-state index is 14.2. The normalized spacial score (nSPS) is 12.1. The Balaban J connectivity index is 2.09. The fourth-order valence-corrected chi connectivity index (χ4v) is 5.46. The van der Waals surface area contributed by atoms with Crippen LogP contribution in [0.5, 0.6) is 5.75 Å². The SMILES string of the molecule is COc1ccc(C)cc1N(CC(=O)N(Cc1cccc(Cl)c1)[C@H](Cc1ccccc1)C(=O)NCC(C)C)S(C)(=O)=O. The van der Waals surface area contributed by atoms with Crippen LogP contribution in [-0.2, 0) is 32.6 Å². The average Bonchev–Trinajstić information content (AvgIpc) is 2.92. The maximum atomic E-state index is 14.2. The van der Waals surface area contributed by atoms with Crippen molar-refractivity contribution in [2.24, 2.45) is 5.92 Å². The molecule has 0 aliphatic rings. The molecule has 3 aromatic rings. The second-order valence-electron chi connectivity index (χ2n) is 10.4. The van der Waals surface area contributed by atoms with Gasteiger partial charge in [-0.15, -0.1) is 0 Å². The first-order valence-electron chi connectivity index (χ1n) is 13.4. The highest BCUT2D eigenvalue weighted by atomic mass is 35.5. The Morgan fingerprint density at radius 1 is 0.976 bits per heavy atom. The summed E-state index contributed by atoms with van der Waals surface area (Å²) in [7, 11) is -2.48. The number of hydrogen-bond acceptors (Lipinski definition) is 5. The summed E-state index contributed by atoms with van der Waals surface area (Å²) in [6, 6.07) is 20.7. The van der Waals surface area contributed by atoms with Crippen molar-refractivity contribution in [2.75, 3.05) is 30.8 Å². The average molecular weight is 600 g/mol. The van der Waals surface area contributed by atoms with Gasteiger partial charge >= 0.3 is 0 Å². The van der Waals surface area contributed by atoms with E-state index in [0.29, 0.717) is 22.9 Å². The first-order valence-corrected chi connectivity index (χ1v) is 15.6. The lowest BCUT2D eigenvalue weighted by atomic mass is 10.0. The minimum Gasteiger partial charge on any atom is -0.495 e. The summed E-state index contributed by atoms with van der Waals surface area (Å²) in [6.07, 6.45) is 1.28. The van der Waals surface area contributed by atoms with Crippen LogP contribution >= 0.6 is 11.6 Å². The van der Waals surface area contributed by atoms with E-state index in [0.717, 1.165) is 21.7 Å². The number of anilines is 1. The summed E-state index contributed by atoms with van der Waals surface area (Å²) in [5, 5.41) is 3.45. The summed E-state index contributed by atoms with van der Waals surface area (Å²) < 4.78 is 32.6. The first kappa shape index (κ1) is 32.0. The summed E-state index contributed by atoms with van der Waals surface area (Å²) in [4.78, 5) is 29.3. The number of amides is 2. The van der Waals surface area contributed by atoms with E-state index in [1.54, 1.807) is 36.4 Å². The van der Waals surface area contributed by atoms with E-state index in [1.807, 2.05) is 57.2 Å². The smallest absolute Gasteiger partial charge is 0.244 e. The van der Waals surface area contributed by atoms with Gasteiger partial charge in [0.25, 0.3) is 0 Å². The van der Waals surface area contributed by atoms with Gasteiger partial charge in [0.1, 0.15) is 18.3 Å². The molecule has 41 heavy (non-hydrogen) atoms. The number of halogens is 1. The van der Waals surface area contributed by atoms with Crippen LogP contribution in [0.4, 0.5) is 5.69 Å². The number of ether oxygens (including phenoxy) is 1. The fraction of sp³-hybridized carbons (Fsp3) is 0.355. The zero-order chi connectivity index (χ0) is 30.2. The zero-order valence-electron chi connectivity index (χ0n) is 24.1. The molecule has 0 bridgehead atoms. The maximum Gasteiger partial charge on any atom is 0.244 e. The van der Waals surface area contributed by atoms with E-state index >= 15 is 0 Å².